The van der Waals surface area contributed by atoms with Crippen molar-refractivity contribution in [3.8, 4) is 0 Å². The highest BCUT2D eigenvalue weighted by molar-refractivity contribution is 9.10. The van der Waals surface area contributed by atoms with Crippen LogP contribution in [-0.2, 0) is 10.0 Å². The van der Waals surface area contributed by atoms with E-state index in [1.54, 1.807) is 18.2 Å². The van der Waals surface area contributed by atoms with E-state index < -0.39 is 16.0 Å². The van der Waals surface area contributed by atoms with Crippen LogP contribution in [0.1, 0.15) is 0 Å². The molecule has 2 rings (SSSR count). The van der Waals surface area contributed by atoms with E-state index in [0.717, 1.165) is 0 Å². The number of benzene rings is 1. The first-order chi connectivity index (χ1) is 7.53. The van der Waals surface area contributed by atoms with Gasteiger partial charge in [-0.05, 0) is 34.1 Å². The zero-order chi connectivity index (χ0) is 11.8. The number of hydrogen-bond acceptors (Lipinski definition) is 2. The molecule has 0 bridgehead atoms. The fourth-order valence-electron chi connectivity index (χ4n) is 1.26. The Balaban J connectivity index is 2.61. The Bertz CT molecular complexity index is 607. The molecule has 0 amide bonds. The lowest BCUT2D eigenvalue weighted by atomic mass is 10.4. The molecule has 0 spiro atoms. The number of nitrogens with zero attached hydrogens (tertiary/aromatic N) is 1. The highest BCUT2D eigenvalue weighted by atomic mass is 79.9. The minimum absolute atomic E-state index is 0.0528. The van der Waals surface area contributed by atoms with Gasteiger partial charge in [0.1, 0.15) is 0 Å². The van der Waals surface area contributed by atoms with Gasteiger partial charge in [0, 0.05) is 6.20 Å². The van der Waals surface area contributed by atoms with Gasteiger partial charge in [0.25, 0.3) is 10.0 Å². The number of halogens is 2. The van der Waals surface area contributed by atoms with Gasteiger partial charge in [-0.3, -0.25) is 0 Å². The van der Waals surface area contributed by atoms with Gasteiger partial charge in [0.05, 0.1) is 9.37 Å². The van der Waals surface area contributed by atoms with E-state index in [4.69, 9.17) is 0 Å². The van der Waals surface area contributed by atoms with Crippen LogP contribution in [0.4, 0.5) is 4.39 Å². The van der Waals surface area contributed by atoms with Gasteiger partial charge in [-0.1, -0.05) is 18.2 Å². The molecule has 6 heteroatoms. The summed E-state index contributed by atoms with van der Waals surface area (Å²) in [4.78, 5) is 0.0528. The molecule has 16 heavy (non-hydrogen) atoms. The first-order valence-electron chi connectivity index (χ1n) is 4.36. The SMILES string of the molecule is O=S(=O)(c1ccccc1)n1ccc(Br)c1F. The quantitative estimate of drug-likeness (QED) is 0.855. The summed E-state index contributed by atoms with van der Waals surface area (Å²) in [6.45, 7) is 0. The molecule has 0 aliphatic heterocycles. The minimum Gasteiger partial charge on any atom is -0.215 e. The van der Waals surface area contributed by atoms with Gasteiger partial charge in [-0.15, -0.1) is 0 Å². The first kappa shape index (κ1) is 11.3. The lowest BCUT2D eigenvalue weighted by Gasteiger charge is -2.05. The molecule has 0 fully saturated rings. The second kappa shape index (κ2) is 4.03. The van der Waals surface area contributed by atoms with Crippen LogP contribution in [0.2, 0.25) is 0 Å². The van der Waals surface area contributed by atoms with Gasteiger partial charge >= 0.3 is 0 Å². The minimum atomic E-state index is -3.84. The average Bonchev–Trinajstić information content (AvgIpc) is 2.61. The van der Waals surface area contributed by atoms with Gasteiger partial charge in [-0.25, -0.2) is 12.4 Å². The third-order valence-electron chi connectivity index (χ3n) is 2.05. The second-order valence-corrected chi connectivity index (χ2v) is 5.74. The van der Waals surface area contributed by atoms with E-state index in [0.29, 0.717) is 3.97 Å². The predicted molar refractivity (Wildman–Crippen MR) is 61.1 cm³/mol. The predicted octanol–water partition coefficient (Wildman–Crippen LogP) is 2.63. The van der Waals surface area contributed by atoms with Crippen molar-refractivity contribution in [2.24, 2.45) is 0 Å². The molecule has 1 aromatic carbocycles. The molecule has 0 N–H and O–H groups in total. The highest BCUT2D eigenvalue weighted by Crippen LogP contribution is 2.21. The maximum Gasteiger partial charge on any atom is 0.269 e. The van der Waals surface area contributed by atoms with Crippen LogP contribution in [-0.4, -0.2) is 12.4 Å². The molecule has 0 aliphatic carbocycles. The highest BCUT2D eigenvalue weighted by Gasteiger charge is 2.20. The van der Waals surface area contributed by atoms with E-state index in [1.807, 2.05) is 0 Å². The number of hydrogen-bond donors (Lipinski definition) is 0. The number of aromatic nitrogens is 1. The molecule has 1 aromatic heterocycles. The van der Waals surface area contributed by atoms with Gasteiger partial charge in [0.15, 0.2) is 0 Å². The Kier molecular flexibility index (Phi) is 2.86. The maximum atomic E-state index is 13.5. The van der Waals surface area contributed by atoms with E-state index >= 15 is 0 Å². The van der Waals surface area contributed by atoms with E-state index in [2.05, 4.69) is 15.9 Å². The molecular weight excluding hydrogens is 297 g/mol. The molecule has 0 radical (unpaired) electrons. The van der Waals surface area contributed by atoms with Crippen LogP contribution in [0.5, 0.6) is 0 Å². The second-order valence-electron chi connectivity index (χ2n) is 3.07. The lowest BCUT2D eigenvalue weighted by Crippen LogP contribution is -2.13. The third-order valence-corrected chi connectivity index (χ3v) is 4.31. The van der Waals surface area contributed by atoms with Crippen LogP contribution >= 0.6 is 15.9 Å². The molecule has 0 aliphatic rings. The fraction of sp³-hybridized carbons (Fsp3) is 0. The monoisotopic (exact) mass is 303 g/mol. The summed E-state index contributed by atoms with van der Waals surface area (Å²) >= 11 is 2.92. The van der Waals surface area contributed by atoms with Crippen LogP contribution in [0.3, 0.4) is 0 Å². The Labute approximate surface area is 101 Å². The Hall–Kier alpha value is -1.14. The van der Waals surface area contributed by atoms with Crippen molar-refractivity contribution in [1.29, 1.82) is 0 Å². The average molecular weight is 304 g/mol. The Morgan fingerprint density at radius 3 is 2.25 bits per heavy atom. The van der Waals surface area contributed by atoms with Crippen molar-refractivity contribution in [3.63, 3.8) is 0 Å². The van der Waals surface area contributed by atoms with Gasteiger partial charge < -0.3 is 0 Å². The summed E-state index contributed by atoms with van der Waals surface area (Å²) in [6, 6.07) is 9.05. The molecule has 0 unspecified atom stereocenters. The van der Waals surface area contributed by atoms with Crippen LogP contribution in [0, 0.1) is 5.95 Å². The molecule has 0 saturated carbocycles. The summed E-state index contributed by atoms with van der Waals surface area (Å²) in [6.07, 6.45) is 1.17. The fourth-order valence-corrected chi connectivity index (χ4v) is 2.95. The van der Waals surface area contributed by atoms with Crippen LogP contribution in [0.25, 0.3) is 0 Å². The molecule has 3 nitrogen and oxygen atoms in total. The molecule has 2 aromatic rings. The van der Waals surface area contributed by atoms with Crippen molar-refractivity contribution in [2.75, 3.05) is 0 Å². The number of rotatable bonds is 2. The topological polar surface area (TPSA) is 39.1 Å². The molecule has 1 heterocycles. The summed E-state index contributed by atoms with van der Waals surface area (Å²) in [5.41, 5.74) is 0. The van der Waals surface area contributed by atoms with Crippen molar-refractivity contribution in [1.82, 2.24) is 3.97 Å². The molecule has 84 valence electrons. The molecule has 0 saturated heterocycles. The Morgan fingerprint density at radius 1 is 1.12 bits per heavy atom. The van der Waals surface area contributed by atoms with E-state index in [-0.39, 0.29) is 9.37 Å². The zero-order valence-corrected chi connectivity index (χ0v) is 10.4. The summed E-state index contributed by atoms with van der Waals surface area (Å²) in [5, 5.41) is 0. The lowest BCUT2D eigenvalue weighted by molar-refractivity contribution is 0.538. The van der Waals surface area contributed by atoms with Crippen molar-refractivity contribution < 1.29 is 12.8 Å². The van der Waals surface area contributed by atoms with Crippen molar-refractivity contribution >= 4 is 26.0 Å². The van der Waals surface area contributed by atoms with Crippen molar-refractivity contribution in [3.05, 3.63) is 53.0 Å². The first-order valence-corrected chi connectivity index (χ1v) is 6.60. The van der Waals surface area contributed by atoms with Crippen molar-refractivity contribution in [2.45, 2.75) is 4.90 Å². The summed E-state index contributed by atoms with van der Waals surface area (Å²) in [7, 11) is -3.84. The normalized spacial score (nSPS) is 11.6. The molecular formula is C10H7BrFNO2S. The third kappa shape index (κ3) is 1.78. The van der Waals surface area contributed by atoms with Crippen LogP contribution < -0.4 is 0 Å². The van der Waals surface area contributed by atoms with Crippen LogP contribution in [0.15, 0.2) is 52.0 Å². The standard InChI is InChI=1S/C10H7BrFNO2S/c11-9-6-7-13(10(9)12)16(14,15)8-4-2-1-3-5-8/h1-7H. The molecule has 0 atom stereocenters. The van der Waals surface area contributed by atoms with E-state index in [9.17, 15) is 12.8 Å². The summed E-state index contributed by atoms with van der Waals surface area (Å²) in [5.74, 6) is -0.830. The maximum absolute atomic E-state index is 13.5. The van der Waals surface area contributed by atoms with Gasteiger partial charge in [0.2, 0.25) is 5.95 Å². The Morgan fingerprint density at radius 2 is 1.75 bits per heavy atom. The smallest absolute Gasteiger partial charge is 0.215 e. The zero-order valence-electron chi connectivity index (χ0n) is 7.97. The summed E-state index contributed by atoms with van der Waals surface area (Å²) < 4.78 is 38.1. The largest absolute Gasteiger partial charge is 0.269 e. The van der Waals surface area contributed by atoms with Gasteiger partial charge in [-0.2, -0.15) is 4.39 Å². The van der Waals surface area contributed by atoms with E-state index in [1.165, 1.54) is 24.4 Å².